The van der Waals surface area contributed by atoms with Crippen LogP contribution in [0.1, 0.15) is 10.4 Å². The zero-order valence-corrected chi connectivity index (χ0v) is 14.0. The van der Waals surface area contributed by atoms with Gasteiger partial charge >= 0.3 is 0 Å². The molecule has 1 aromatic carbocycles. The molecule has 0 aliphatic rings. The van der Waals surface area contributed by atoms with Crippen LogP contribution in [0, 0.1) is 0 Å². The van der Waals surface area contributed by atoms with E-state index < -0.39 is 0 Å². The second kappa shape index (κ2) is 8.36. The van der Waals surface area contributed by atoms with Crippen molar-refractivity contribution in [1.82, 2.24) is 15.2 Å². The molecule has 2 rings (SSSR count). The molecule has 0 unspecified atom stereocenters. The van der Waals surface area contributed by atoms with Gasteiger partial charge in [0.1, 0.15) is 0 Å². The van der Waals surface area contributed by atoms with Gasteiger partial charge < -0.3 is 15.2 Å². The highest BCUT2D eigenvalue weighted by Crippen LogP contribution is 2.20. The van der Waals surface area contributed by atoms with Crippen LogP contribution < -0.4 is 5.32 Å². The van der Waals surface area contributed by atoms with Gasteiger partial charge in [0.05, 0.1) is 11.1 Å². The fourth-order valence-electron chi connectivity index (χ4n) is 1.91. The van der Waals surface area contributed by atoms with Crippen molar-refractivity contribution in [3.8, 4) is 0 Å². The number of amides is 1. The summed E-state index contributed by atoms with van der Waals surface area (Å²) in [5, 5.41) is 4.04. The van der Waals surface area contributed by atoms with Gasteiger partial charge in [0.2, 0.25) is 0 Å². The third-order valence-electron chi connectivity index (χ3n) is 3.01. The molecule has 0 atom stereocenters. The second-order valence-electron chi connectivity index (χ2n) is 4.95. The number of fused-ring (bicyclic) bond motifs is 1. The molecule has 0 bridgehead atoms. The lowest BCUT2D eigenvalue weighted by molar-refractivity contribution is 0.0957. The van der Waals surface area contributed by atoms with Crippen molar-refractivity contribution >= 4 is 38.4 Å². The maximum Gasteiger partial charge on any atom is 0.253 e. The number of carbonyl (C=O) groups is 1. The molecule has 0 radical (unpaired) electrons. The zero-order chi connectivity index (χ0) is 15.1. The number of para-hydroxylation sites is 1. The maximum atomic E-state index is 12.2. The maximum absolute atomic E-state index is 12.2. The lowest BCUT2D eigenvalue weighted by Gasteiger charge is -2.08. The molecule has 21 heavy (non-hydrogen) atoms. The van der Waals surface area contributed by atoms with Crippen LogP contribution in [0.2, 0.25) is 0 Å². The molecule has 0 fully saturated rings. The summed E-state index contributed by atoms with van der Waals surface area (Å²) in [6.07, 6.45) is 1.86. The Morgan fingerprint density at radius 1 is 1.24 bits per heavy atom. The number of carbonyl (C=O) groups excluding carboxylic acids is 1. The lowest BCUT2D eigenvalue weighted by Crippen LogP contribution is -2.25. The Bertz CT molecular complexity index is 583. The zero-order valence-electron chi connectivity index (χ0n) is 12.4. The van der Waals surface area contributed by atoms with Crippen LogP contribution in [0.15, 0.2) is 30.5 Å². The van der Waals surface area contributed by atoms with Crippen molar-refractivity contribution in [2.24, 2.45) is 0 Å². The molecule has 0 saturated carbocycles. The van der Waals surface area contributed by atoms with E-state index in [0.717, 1.165) is 29.0 Å². The van der Waals surface area contributed by atoms with Crippen molar-refractivity contribution in [1.29, 1.82) is 0 Å². The molecule has 0 aliphatic carbocycles. The third kappa shape index (κ3) is 4.98. The number of aromatic nitrogens is 1. The number of rotatable bonds is 8. The number of aromatic amines is 1. The summed E-state index contributed by atoms with van der Waals surface area (Å²) in [6.45, 7) is 1.77. The Morgan fingerprint density at radius 2 is 2.05 bits per heavy atom. The molecular weight excluding hydrogens is 302 g/mol. The highest BCUT2D eigenvalue weighted by molar-refractivity contribution is 8.76. The van der Waals surface area contributed by atoms with E-state index in [2.05, 4.69) is 29.3 Å². The van der Waals surface area contributed by atoms with E-state index in [9.17, 15) is 4.79 Å². The lowest BCUT2D eigenvalue weighted by atomic mass is 10.1. The van der Waals surface area contributed by atoms with Crippen LogP contribution in [-0.4, -0.2) is 54.5 Å². The Balaban J connectivity index is 1.72. The fourth-order valence-corrected chi connectivity index (χ4v) is 3.95. The minimum Gasteiger partial charge on any atom is -0.361 e. The van der Waals surface area contributed by atoms with Crippen molar-refractivity contribution in [3.05, 3.63) is 36.0 Å². The molecular formula is C15H21N3OS2. The number of nitrogens with zero attached hydrogens (tertiary/aromatic N) is 1. The molecule has 6 heteroatoms. The molecule has 2 N–H and O–H groups in total. The first-order chi connectivity index (χ1) is 10.2. The topological polar surface area (TPSA) is 48.1 Å². The van der Waals surface area contributed by atoms with E-state index in [4.69, 9.17) is 0 Å². The predicted octanol–water partition coefficient (Wildman–Crippen LogP) is 2.84. The quantitative estimate of drug-likeness (QED) is 0.579. The molecule has 0 spiro atoms. The van der Waals surface area contributed by atoms with E-state index in [-0.39, 0.29) is 5.91 Å². The van der Waals surface area contributed by atoms with Gasteiger partial charge in [-0.15, -0.1) is 0 Å². The van der Waals surface area contributed by atoms with Gasteiger partial charge in [0, 0.05) is 36.2 Å². The average Bonchev–Trinajstić information content (AvgIpc) is 2.93. The van der Waals surface area contributed by atoms with E-state index in [1.807, 2.05) is 41.3 Å². The smallest absolute Gasteiger partial charge is 0.253 e. The molecule has 1 aromatic heterocycles. The van der Waals surface area contributed by atoms with Gasteiger partial charge in [0.15, 0.2) is 0 Å². The van der Waals surface area contributed by atoms with Crippen LogP contribution in [-0.2, 0) is 0 Å². The first-order valence-electron chi connectivity index (χ1n) is 6.92. The molecule has 2 aromatic rings. The monoisotopic (exact) mass is 323 g/mol. The Hall–Kier alpha value is -1.11. The van der Waals surface area contributed by atoms with Crippen molar-refractivity contribution < 1.29 is 4.79 Å². The van der Waals surface area contributed by atoms with Crippen LogP contribution in [0.4, 0.5) is 0 Å². The van der Waals surface area contributed by atoms with Crippen LogP contribution in [0.5, 0.6) is 0 Å². The van der Waals surface area contributed by atoms with Crippen LogP contribution >= 0.6 is 21.6 Å². The van der Waals surface area contributed by atoms with Gasteiger partial charge in [-0.05, 0) is 26.2 Å². The number of hydrogen-bond acceptors (Lipinski definition) is 4. The van der Waals surface area contributed by atoms with Crippen molar-refractivity contribution in [2.45, 2.75) is 0 Å². The van der Waals surface area contributed by atoms with Crippen molar-refractivity contribution in [2.75, 3.05) is 38.7 Å². The highest BCUT2D eigenvalue weighted by Gasteiger charge is 2.09. The standard InChI is InChI=1S/C15H21N3OS2/c1-18(2)9-11-21-20-10-8-17-15(19)13-5-3-4-12-6-7-16-14(12)13/h3-7,16H,8-11H2,1-2H3,(H,17,19). The van der Waals surface area contributed by atoms with E-state index in [0.29, 0.717) is 12.1 Å². The van der Waals surface area contributed by atoms with Gasteiger partial charge in [-0.2, -0.15) is 0 Å². The first-order valence-corrected chi connectivity index (χ1v) is 9.41. The predicted molar refractivity (Wildman–Crippen MR) is 94.1 cm³/mol. The molecule has 0 saturated heterocycles. The summed E-state index contributed by atoms with van der Waals surface area (Å²) in [7, 11) is 7.81. The molecule has 114 valence electrons. The number of nitrogens with one attached hydrogen (secondary N) is 2. The summed E-state index contributed by atoms with van der Waals surface area (Å²) >= 11 is 0. The summed E-state index contributed by atoms with van der Waals surface area (Å²) in [5.41, 5.74) is 1.62. The normalized spacial score (nSPS) is 11.2. The first kappa shape index (κ1) is 16.3. The number of hydrogen-bond donors (Lipinski definition) is 2. The van der Waals surface area contributed by atoms with E-state index in [1.54, 1.807) is 10.8 Å². The van der Waals surface area contributed by atoms with Crippen molar-refractivity contribution in [3.63, 3.8) is 0 Å². The molecule has 4 nitrogen and oxygen atoms in total. The minimum absolute atomic E-state index is 0.0121. The van der Waals surface area contributed by atoms with Crippen LogP contribution in [0.25, 0.3) is 10.9 Å². The average molecular weight is 323 g/mol. The van der Waals surface area contributed by atoms with Gasteiger partial charge in [-0.3, -0.25) is 4.79 Å². The highest BCUT2D eigenvalue weighted by atomic mass is 33.1. The summed E-state index contributed by atoms with van der Waals surface area (Å²) in [4.78, 5) is 17.5. The summed E-state index contributed by atoms with van der Waals surface area (Å²) < 4.78 is 0. The fraction of sp³-hybridized carbons (Fsp3) is 0.400. The molecule has 0 aliphatic heterocycles. The SMILES string of the molecule is CN(C)CCSSCCNC(=O)c1cccc2cc[nH]c12. The molecule has 1 heterocycles. The van der Waals surface area contributed by atoms with E-state index in [1.165, 1.54) is 0 Å². The van der Waals surface area contributed by atoms with Gasteiger partial charge in [-0.25, -0.2) is 0 Å². The summed E-state index contributed by atoms with van der Waals surface area (Å²) in [6, 6.07) is 7.74. The largest absolute Gasteiger partial charge is 0.361 e. The van der Waals surface area contributed by atoms with Gasteiger partial charge in [0.25, 0.3) is 5.91 Å². The van der Waals surface area contributed by atoms with Gasteiger partial charge in [-0.1, -0.05) is 33.7 Å². The number of H-pyrrole nitrogens is 1. The molecule has 1 amide bonds. The summed E-state index contributed by atoms with van der Waals surface area (Å²) in [5.74, 6) is 2.01. The van der Waals surface area contributed by atoms with E-state index >= 15 is 0 Å². The Morgan fingerprint density at radius 3 is 2.86 bits per heavy atom. The Kier molecular flexibility index (Phi) is 6.48. The second-order valence-corrected chi connectivity index (χ2v) is 7.65. The Labute approximate surface area is 133 Å². The third-order valence-corrected chi connectivity index (χ3v) is 5.39. The van der Waals surface area contributed by atoms with Crippen LogP contribution in [0.3, 0.4) is 0 Å². The minimum atomic E-state index is -0.0121. The number of benzene rings is 1.